The highest BCUT2D eigenvalue weighted by molar-refractivity contribution is 7.80. The number of hydrogen-bond donors (Lipinski definition) is 1. The van der Waals surface area contributed by atoms with Crippen LogP contribution in [0.1, 0.15) is 19.3 Å². The van der Waals surface area contributed by atoms with Crippen LogP contribution < -0.4 is 5.56 Å². The predicted octanol–water partition coefficient (Wildman–Crippen LogP) is 1.34. The van der Waals surface area contributed by atoms with E-state index in [4.69, 9.17) is 0 Å². The lowest BCUT2D eigenvalue weighted by Gasteiger charge is -2.01. The first kappa shape index (κ1) is 10.3. The third-order valence-electron chi connectivity index (χ3n) is 1.81. The molecule has 72 valence electrons. The van der Waals surface area contributed by atoms with Gasteiger partial charge in [0.25, 0.3) is 5.56 Å². The van der Waals surface area contributed by atoms with Crippen LogP contribution in [0.15, 0.2) is 23.1 Å². The molecule has 3 nitrogen and oxygen atoms in total. The van der Waals surface area contributed by atoms with E-state index in [0.29, 0.717) is 6.54 Å². The van der Waals surface area contributed by atoms with Crippen molar-refractivity contribution in [1.82, 2.24) is 9.78 Å². The highest BCUT2D eigenvalue weighted by Gasteiger charge is 1.94. The van der Waals surface area contributed by atoms with E-state index in [9.17, 15) is 4.79 Å². The van der Waals surface area contributed by atoms with Gasteiger partial charge >= 0.3 is 0 Å². The van der Waals surface area contributed by atoms with Crippen molar-refractivity contribution in [2.45, 2.75) is 25.8 Å². The second-order valence-electron chi connectivity index (χ2n) is 2.87. The molecule has 0 saturated heterocycles. The Morgan fingerprint density at radius 3 is 2.92 bits per heavy atom. The quantitative estimate of drug-likeness (QED) is 0.572. The van der Waals surface area contributed by atoms with Gasteiger partial charge in [0, 0.05) is 18.8 Å². The Bertz CT molecular complexity index is 298. The van der Waals surface area contributed by atoms with Gasteiger partial charge in [-0.1, -0.05) is 6.42 Å². The summed E-state index contributed by atoms with van der Waals surface area (Å²) in [6.07, 6.45) is 4.84. The largest absolute Gasteiger partial charge is 0.268 e. The van der Waals surface area contributed by atoms with Crippen molar-refractivity contribution >= 4 is 12.6 Å². The third kappa shape index (κ3) is 3.63. The summed E-state index contributed by atoms with van der Waals surface area (Å²) in [7, 11) is 0. The average Bonchev–Trinajstić information content (AvgIpc) is 2.15. The molecule has 0 aliphatic carbocycles. The van der Waals surface area contributed by atoms with E-state index in [2.05, 4.69) is 17.7 Å². The van der Waals surface area contributed by atoms with E-state index < -0.39 is 0 Å². The summed E-state index contributed by atoms with van der Waals surface area (Å²) in [6, 6.07) is 3.19. The van der Waals surface area contributed by atoms with E-state index in [1.165, 1.54) is 10.7 Å². The van der Waals surface area contributed by atoms with Crippen molar-refractivity contribution in [3.05, 3.63) is 28.7 Å². The number of aromatic nitrogens is 2. The number of rotatable bonds is 5. The summed E-state index contributed by atoms with van der Waals surface area (Å²) in [5, 5.41) is 3.96. The molecule has 1 aromatic heterocycles. The molecule has 1 rings (SSSR count). The van der Waals surface area contributed by atoms with Crippen LogP contribution in [0.3, 0.4) is 0 Å². The Morgan fingerprint density at radius 1 is 1.38 bits per heavy atom. The molecule has 0 N–H and O–H groups in total. The van der Waals surface area contributed by atoms with Crippen molar-refractivity contribution in [3.63, 3.8) is 0 Å². The highest BCUT2D eigenvalue weighted by atomic mass is 32.1. The fourth-order valence-corrected chi connectivity index (χ4v) is 1.33. The molecule has 13 heavy (non-hydrogen) atoms. The summed E-state index contributed by atoms with van der Waals surface area (Å²) in [4.78, 5) is 11.2. The van der Waals surface area contributed by atoms with Crippen LogP contribution in [0.2, 0.25) is 0 Å². The van der Waals surface area contributed by atoms with Crippen LogP contribution in [0.4, 0.5) is 0 Å². The monoisotopic (exact) mass is 198 g/mol. The Labute approximate surface area is 83.2 Å². The molecule has 0 atom stereocenters. The molecular weight excluding hydrogens is 184 g/mol. The zero-order valence-corrected chi connectivity index (χ0v) is 8.41. The SMILES string of the molecule is O=c1cccnn1CCCCCS. The van der Waals surface area contributed by atoms with Gasteiger partial charge in [-0.05, 0) is 24.7 Å². The standard InChI is InChI=1S/C9H14N2OS/c12-9-5-4-6-10-11(9)7-2-1-3-8-13/h4-6,13H,1-3,7-8H2. The molecule has 0 aromatic carbocycles. The van der Waals surface area contributed by atoms with Gasteiger partial charge in [-0.2, -0.15) is 17.7 Å². The lowest BCUT2D eigenvalue weighted by molar-refractivity contribution is 0.529. The van der Waals surface area contributed by atoms with E-state index >= 15 is 0 Å². The molecule has 0 bridgehead atoms. The van der Waals surface area contributed by atoms with Gasteiger partial charge < -0.3 is 0 Å². The van der Waals surface area contributed by atoms with Crippen LogP contribution in [0.5, 0.6) is 0 Å². The zero-order chi connectivity index (χ0) is 9.52. The Morgan fingerprint density at radius 2 is 2.23 bits per heavy atom. The van der Waals surface area contributed by atoms with Gasteiger partial charge in [0.1, 0.15) is 0 Å². The second kappa shape index (κ2) is 5.80. The molecule has 1 aromatic rings. The first-order chi connectivity index (χ1) is 6.34. The smallest absolute Gasteiger partial charge is 0.266 e. The van der Waals surface area contributed by atoms with Gasteiger partial charge in [0.15, 0.2) is 0 Å². The molecule has 0 aliphatic heterocycles. The molecule has 0 unspecified atom stereocenters. The molecule has 0 fully saturated rings. The molecule has 0 spiro atoms. The van der Waals surface area contributed by atoms with Crippen LogP contribution in [0, 0.1) is 0 Å². The number of aryl methyl sites for hydroxylation is 1. The van der Waals surface area contributed by atoms with Gasteiger partial charge in [-0.15, -0.1) is 0 Å². The van der Waals surface area contributed by atoms with E-state index in [0.717, 1.165) is 25.0 Å². The fourth-order valence-electron chi connectivity index (χ4n) is 1.11. The van der Waals surface area contributed by atoms with Gasteiger partial charge in [0.05, 0.1) is 0 Å². The lowest BCUT2D eigenvalue weighted by atomic mass is 10.2. The number of thiol groups is 1. The first-order valence-electron chi connectivity index (χ1n) is 4.47. The van der Waals surface area contributed by atoms with E-state index in [1.807, 2.05) is 0 Å². The van der Waals surface area contributed by atoms with Crippen molar-refractivity contribution in [2.24, 2.45) is 0 Å². The zero-order valence-electron chi connectivity index (χ0n) is 7.52. The van der Waals surface area contributed by atoms with Crippen LogP contribution in [-0.4, -0.2) is 15.5 Å². The molecule has 1 heterocycles. The van der Waals surface area contributed by atoms with Gasteiger partial charge in [0.2, 0.25) is 0 Å². The minimum Gasteiger partial charge on any atom is -0.268 e. The van der Waals surface area contributed by atoms with Crippen molar-refractivity contribution in [3.8, 4) is 0 Å². The van der Waals surface area contributed by atoms with Crippen LogP contribution in [0.25, 0.3) is 0 Å². The minimum absolute atomic E-state index is 0.0200. The molecular formula is C9H14N2OS. The van der Waals surface area contributed by atoms with Gasteiger partial charge in [-0.25, -0.2) is 4.68 Å². The Kier molecular flexibility index (Phi) is 4.60. The summed E-state index contributed by atoms with van der Waals surface area (Å²) in [6.45, 7) is 0.716. The maximum Gasteiger partial charge on any atom is 0.266 e. The molecule has 0 amide bonds. The minimum atomic E-state index is -0.0200. The fraction of sp³-hybridized carbons (Fsp3) is 0.556. The van der Waals surface area contributed by atoms with Crippen LogP contribution in [-0.2, 0) is 6.54 Å². The number of hydrogen-bond acceptors (Lipinski definition) is 3. The Hall–Kier alpha value is -0.770. The third-order valence-corrected chi connectivity index (χ3v) is 2.13. The molecule has 4 heteroatoms. The molecule has 0 radical (unpaired) electrons. The predicted molar refractivity (Wildman–Crippen MR) is 56.2 cm³/mol. The summed E-state index contributed by atoms with van der Waals surface area (Å²) >= 11 is 4.12. The summed E-state index contributed by atoms with van der Waals surface area (Å²) in [5.74, 6) is 0.914. The van der Waals surface area contributed by atoms with Crippen LogP contribution >= 0.6 is 12.6 Å². The van der Waals surface area contributed by atoms with E-state index in [1.54, 1.807) is 12.3 Å². The van der Waals surface area contributed by atoms with Crippen molar-refractivity contribution in [1.29, 1.82) is 0 Å². The first-order valence-corrected chi connectivity index (χ1v) is 5.11. The summed E-state index contributed by atoms with van der Waals surface area (Å²) in [5.41, 5.74) is -0.0200. The van der Waals surface area contributed by atoms with E-state index in [-0.39, 0.29) is 5.56 Å². The maximum atomic E-state index is 11.2. The van der Waals surface area contributed by atoms with Gasteiger partial charge in [-0.3, -0.25) is 4.79 Å². The number of unbranched alkanes of at least 4 members (excludes halogenated alkanes) is 2. The molecule has 0 saturated carbocycles. The van der Waals surface area contributed by atoms with Crippen molar-refractivity contribution in [2.75, 3.05) is 5.75 Å². The summed E-state index contributed by atoms with van der Waals surface area (Å²) < 4.78 is 1.50. The van der Waals surface area contributed by atoms with Crippen molar-refractivity contribution < 1.29 is 0 Å². The lowest BCUT2D eigenvalue weighted by Crippen LogP contribution is -2.21. The highest BCUT2D eigenvalue weighted by Crippen LogP contribution is 1.97. The second-order valence-corrected chi connectivity index (χ2v) is 3.32. The maximum absolute atomic E-state index is 11.2. The Balaban J connectivity index is 2.37. The number of nitrogens with zero attached hydrogens (tertiary/aromatic N) is 2. The topological polar surface area (TPSA) is 34.9 Å². The average molecular weight is 198 g/mol. The normalized spacial score (nSPS) is 10.2. The molecule has 0 aliphatic rings.